The largest absolute Gasteiger partial charge is 0.424 e. The van der Waals surface area contributed by atoms with Crippen LogP contribution in [0.4, 0.5) is 13.2 Å². The van der Waals surface area contributed by atoms with E-state index in [1.54, 1.807) is 29.8 Å². The number of aromatic nitrogens is 4. The standard InChI is InChI=1S/C21H19BrF3N5O3S/c1-3-30-19(27-28-20(30)33-15-6-4-13-8-9-26-17(13)11-15)12(2)29-34(31,32)18-10-14(21(23,24)25)5-7-16(18)22/h4-12,26,29H,3H2,1-2H3/t12-/m1/s1. The lowest BCUT2D eigenvalue weighted by Gasteiger charge is -2.17. The second kappa shape index (κ2) is 9.04. The van der Waals surface area contributed by atoms with Crippen molar-refractivity contribution in [1.82, 2.24) is 24.5 Å². The van der Waals surface area contributed by atoms with Gasteiger partial charge in [-0.05, 0) is 71.6 Å². The highest BCUT2D eigenvalue weighted by atomic mass is 79.9. The molecule has 34 heavy (non-hydrogen) atoms. The molecule has 2 N–H and O–H groups in total. The van der Waals surface area contributed by atoms with Crippen LogP contribution in [0.25, 0.3) is 10.9 Å². The van der Waals surface area contributed by atoms with E-state index in [0.717, 1.165) is 23.0 Å². The van der Waals surface area contributed by atoms with Gasteiger partial charge in [0.25, 0.3) is 0 Å². The minimum Gasteiger partial charge on any atom is -0.424 e. The first-order valence-electron chi connectivity index (χ1n) is 10.1. The summed E-state index contributed by atoms with van der Waals surface area (Å²) in [5.74, 6) is 0.745. The summed E-state index contributed by atoms with van der Waals surface area (Å²) in [7, 11) is -4.34. The van der Waals surface area contributed by atoms with E-state index in [-0.39, 0.29) is 16.3 Å². The van der Waals surface area contributed by atoms with E-state index in [1.807, 2.05) is 12.1 Å². The molecule has 0 aliphatic rings. The molecular formula is C21H19BrF3N5O3S. The minimum atomic E-state index is -4.69. The molecular weight excluding hydrogens is 539 g/mol. The lowest BCUT2D eigenvalue weighted by Crippen LogP contribution is -2.29. The van der Waals surface area contributed by atoms with Gasteiger partial charge in [-0.15, -0.1) is 5.10 Å². The van der Waals surface area contributed by atoms with Gasteiger partial charge in [0.2, 0.25) is 10.0 Å². The number of halogens is 4. The molecule has 2 aromatic carbocycles. The van der Waals surface area contributed by atoms with E-state index in [4.69, 9.17) is 4.74 Å². The quantitative estimate of drug-likeness (QED) is 0.317. The number of hydrogen-bond acceptors (Lipinski definition) is 5. The maximum atomic E-state index is 13.1. The van der Waals surface area contributed by atoms with Crippen LogP contribution in [0.3, 0.4) is 0 Å². The Morgan fingerprint density at radius 2 is 1.94 bits per heavy atom. The molecule has 0 radical (unpaired) electrons. The zero-order valence-electron chi connectivity index (χ0n) is 17.9. The third-order valence-corrected chi connectivity index (χ3v) is 7.60. The normalized spacial score (nSPS) is 13.4. The van der Waals surface area contributed by atoms with Crippen LogP contribution in [0.1, 0.15) is 31.3 Å². The highest BCUT2D eigenvalue weighted by Gasteiger charge is 2.33. The molecule has 0 saturated carbocycles. The number of hydrogen-bond donors (Lipinski definition) is 2. The molecule has 0 spiro atoms. The summed E-state index contributed by atoms with van der Waals surface area (Å²) in [6.45, 7) is 3.68. The molecule has 4 aromatic rings. The number of H-pyrrole nitrogens is 1. The predicted molar refractivity (Wildman–Crippen MR) is 122 cm³/mol. The second-order valence-electron chi connectivity index (χ2n) is 7.40. The Bertz CT molecular complexity index is 1450. The van der Waals surface area contributed by atoms with Crippen molar-refractivity contribution >= 4 is 36.9 Å². The molecule has 0 bridgehead atoms. The van der Waals surface area contributed by atoms with Crippen LogP contribution in [0.5, 0.6) is 11.8 Å². The average molecular weight is 558 g/mol. The van der Waals surface area contributed by atoms with Gasteiger partial charge in [-0.3, -0.25) is 4.57 Å². The first-order valence-corrected chi connectivity index (χ1v) is 12.3. The van der Waals surface area contributed by atoms with Crippen LogP contribution in [-0.2, 0) is 22.7 Å². The Balaban J connectivity index is 1.60. The molecule has 2 heterocycles. The summed E-state index contributed by atoms with van der Waals surface area (Å²) >= 11 is 3.02. The Labute approximate surface area is 201 Å². The number of nitrogens with zero attached hydrogens (tertiary/aromatic N) is 3. The van der Waals surface area contributed by atoms with Crippen LogP contribution < -0.4 is 9.46 Å². The maximum Gasteiger partial charge on any atom is 0.416 e. The van der Waals surface area contributed by atoms with Crippen molar-refractivity contribution in [3.8, 4) is 11.8 Å². The van der Waals surface area contributed by atoms with Gasteiger partial charge in [0.1, 0.15) is 5.75 Å². The van der Waals surface area contributed by atoms with Crippen LogP contribution in [0.15, 0.2) is 58.0 Å². The average Bonchev–Trinajstić information content (AvgIpc) is 3.39. The molecule has 0 saturated heterocycles. The van der Waals surface area contributed by atoms with Gasteiger partial charge in [0.15, 0.2) is 5.82 Å². The van der Waals surface area contributed by atoms with Crippen LogP contribution in [0.2, 0.25) is 0 Å². The Hall–Kier alpha value is -2.90. The number of benzene rings is 2. The van der Waals surface area contributed by atoms with Crippen LogP contribution in [-0.4, -0.2) is 28.2 Å². The van der Waals surface area contributed by atoms with Gasteiger partial charge in [-0.1, -0.05) is 5.10 Å². The molecule has 0 aliphatic heterocycles. The van der Waals surface area contributed by atoms with E-state index in [2.05, 4.69) is 35.8 Å². The number of rotatable bonds is 7. The highest BCUT2D eigenvalue weighted by molar-refractivity contribution is 9.10. The van der Waals surface area contributed by atoms with Gasteiger partial charge in [0, 0.05) is 28.8 Å². The van der Waals surface area contributed by atoms with E-state index in [9.17, 15) is 21.6 Å². The van der Waals surface area contributed by atoms with Gasteiger partial charge in [-0.25, -0.2) is 13.1 Å². The summed E-state index contributed by atoms with van der Waals surface area (Å²) in [4.78, 5) is 2.55. The van der Waals surface area contributed by atoms with Crippen molar-refractivity contribution in [3.05, 3.63) is 64.5 Å². The highest BCUT2D eigenvalue weighted by Crippen LogP contribution is 2.34. The molecule has 180 valence electrons. The van der Waals surface area contributed by atoms with E-state index < -0.39 is 32.7 Å². The monoisotopic (exact) mass is 557 g/mol. The Morgan fingerprint density at radius 3 is 2.65 bits per heavy atom. The van der Waals surface area contributed by atoms with E-state index >= 15 is 0 Å². The zero-order chi connectivity index (χ0) is 24.7. The molecule has 1 atom stereocenters. The summed E-state index contributed by atoms with van der Waals surface area (Å²) < 4.78 is 74.9. The summed E-state index contributed by atoms with van der Waals surface area (Å²) in [5, 5.41) is 9.09. The van der Waals surface area contributed by atoms with Crippen molar-refractivity contribution in [2.24, 2.45) is 0 Å². The number of alkyl halides is 3. The van der Waals surface area contributed by atoms with Gasteiger partial charge in [0.05, 0.1) is 16.5 Å². The van der Waals surface area contributed by atoms with Crippen molar-refractivity contribution in [3.63, 3.8) is 0 Å². The lowest BCUT2D eigenvalue weighted by molar-refractivity contribution is -0.137. The molecule has 0 aliphatic carbocycles. The number of nitrogens with one attached hydrogen (secondary N) is 2. The van der Waals surface area contributed by atoms with Crippen molar-refractivity contribution < 1.29 is 26.3 Å². The first-order chi connectivity index (χ1) is 16.0. The second-order valence-corrected chi connectivity index (χ2v) is 9.94. The lowest BCUT2D eigenvalue weighted by atomic mass is 10.2. The van der Waals surface area contributed by atoms with Crippen molar-refractivity contribution in [2.45, 2.75) is 37.5 Å². The number of ether oxygens (including phenoxy) is 1. The molecule has 8 nitrogen and oxygen atoms in total. The number of fused-ring (bicyclic) bond motifs is 1. The van der Waals surface area contributed by atoms with E-state index in [0.29, 0.717) is 18.4 Å². The zero-order valence-corrected chi connectivity index (χ0v) is 20.3. The fourth-order valence-corrected chi connectivity index (χ4v) is 5.61. The molecule has 13 heteroatoms. The number of aromatic amines is 1. The van der Waals surface area contributed by atoms with E-state index in [1.165, 1.54) is 6.92 Å². The van der Waals surface area contributed by atoms with Crippen LogP contribution in [0, 0.1) is 0 Å². The third kappa shape index (κ3) is 4.81. The summed E-state index contributed by atoms with van der Waals surface area (Å²) in [6.07, 6.45) is -2.88. The predicted octanol–water partition coefficient (Wildman–Crippen LogP) is 5.39. The molecule has 0 amide bonds. The number of sulfonamides is 1. The van der Waals surface area contributed by atoms with Gasteiger partial charge >= 0.3 is 12.2 Å². The SMILES string of the molecule is CCn1c(Oc2ccc3cc[nH]c3c2)nnc1[C@@H](C)NS(=O)(=O)c1cc(C(F)(F)F)ccc1Br. The van der Waals surface area contributed by atoms with Crippen LogP contribution >= 0.6 is 15.9 Å². The van der Waals surface area contributed by atoms with Crippen molar-refractivity contribution in [1.29, 1.82) is 0 Å². The molecule has 0 fully saturated rings. The topological polar surface area (TPSA) is 102 Å². The summed E-state index contributed by atoms with van der Waals surface area (Å²) in [6, 6.07) is 9.01. The molecule has 4 rings (SSSR count). The summed E-state index contributed by atoms with van der Waals surface area (Å²) in [5.41, 5.74) is -0.205. The van der Waals surface area contributed by atoms with Gasteiger partial charge in [-0.2, -0.15) is 13.2 Å². The van der Waals surface area contributed by atoms with Gasteiger partial charge < -0.3 is 9.72 Å². The smallest absolute Gasteiger partial charge is 0.416 e. The fourth-order valence-electron chi connectivity index (χ4n) is 3.42. The Morgan fingerprint density at radius 1 is 1.18 bits per heavy atom. The molecule has 0 unspecified atom stereocenters. The van der Waals surface area contributed by atoms with Crippen molar-refractivity contribution in [2.75, 3.05) is 0 Å². The fraction of sp³-hybridized carbons (Fsp3) is 0.238. The maximum absolute atomic E-state index is 13.1. The first kappa shape index (κ1) is 24.2. The third-order valence-electron chi connectivity index (χ3n) is 5.06. The Kier molecular flexibility index (Phi) is 6.44. The minimum absolute atomic E-state index is 0.000824. The molecule has 2 aromatic heterocycles.